The average molecular weight is 324 g/mol. The maximum Gasteiger partial charge on any atom is 0.245 e. The molecule has 122 valence electrons. The molecule has 1 aliphatic heterocycles. The Bertz CT molecular complexity index is 841. The number of likely N-dealkylation sites (tertiary alicyclic amines) is 1. The van der Waals surface area contributed by atoms with Crippen molar-refractivity contribution in [2.24, 2.45) is 0 Å². The molecule has 0 saturated carbocycles. The molecule has 2 N–H and O–H groups in total. The number of hydrogen-bond acceptors (Lipinski definition) is 3. The molecule has 1 aliphatic rings. The Labute approximate surface area is 138 Å². The van der Waals surface area contributed by atoms with Crippen molar-refractivity contribution in [2.75, 3.05) is 11.9 Å². The molecule has 6 heteroatoms. The zero-order valence-corrected chi connectivity index (χ0v) is 13.0. The van der Waals surface area contributed by atoms with Crippen molar-refractivity contribution in [3.8, 4) is 0 Å². The molecule has 1 unspecified atom stereocenters. The maximum absolute atomic E-state index is 13.0. The van der Waals surface area contributed by atoms with E-state index < -0.39 is 0 Å². The van der Waals surface area contributed by atoms with E-state index in [1.165, 1.54) is 12.1 Å². The summed E-state index contributed by atoms with van der Waals surface area (Å²) in [6.07, 6.45) is 0.719. The van der Waals surface area contributed by atoms with Gasteiger partial charge in [-0.1, -0.05) is 24.3 Å². The minimum Gasteiger partial charge on any atom is -0.344 e. The average Bonchev–Trinajstić information content (AvgIpc) is 3.15. The van der Waals surface area contributed by atoms with Crippen molar-refractivity contribution < 1.29 is 9.18 Å². The lowest BCUT2D eigenvalue weighted by Crippen LogP contribution is -2.33. The first-order valence-corrected chi connectivity index (χ1v) is 7.93. The predicted octanol–water partition coefficient (Wildman–Crippen LogP) is 2.92. The standard InChI is InChI=1S/C18H17FN4O/c19-13-7-5-12(6-8-13)11-23-10-9-16(17(23)24)22-18-20-14-3-1-2-4-15(14)21-18/h1-8,16H,9-11H2,(H2,20,21,22). The van der Waals surface area contributed by atoms with Crippen LogP contribution in [0.25, 0.3) is 11.0 Å². The molecule has 2 heterocycles. The number of rotatable bonds is 4. The first-order valence-electron chi connectivity index (χ1n) is 7.93. The molecule has 1 saturated heterocycles. The third kappa shape index (κ3) is 2.82. The number of benzene rings is 2. The summed E-state index contributed by atoms with van der Waals surface area (Å²) in [5, 5.41) is 3.19. The lowest BCUT2D eigenvalue weighted by molar-refractivity contribution is -0.128. The molecule has 4 rings (SSSR count). The maximum atomic E-state index is 13.0. The number of hydrogen-bond donors (Lipinski definition) is 2. The van der Waals surface area contributed by atoms with E-state index in [1.54, 1.807) is 17.0 Å². The van der Waals surface area contributed by atoms with Gasteiger partial charge in [0.05, 0.1) is 11.0 Å². The van der Waals surface area contributed by atoms with Crippen molar-refractivity contribution in [3.63, 3.8) is 0 Å². The number of amides is 1. The minimum atomic E-state index is -0.286. The van der Waals surface area contributed by atoms with E-state index in [4.69, 9.17) is 0 Å². The topological polar surface area (TPSA) is 61.0 Å². The third-order valence-electron chi connectivity index (χ3n) is 4.28. The molecule has 1 aromatic heterocycles. The van der Waals surface area contributed by atoms with Gasteiger partial charge in [0.25, 0.3) is 0 Å². The van der Waals surface area contributed by atoms with E-state index in [1.807, 2.05) is 24.3 Å². The Morgan fingerprint density at radius 3 is 2.79 bits per heavy atom. The summed E-state index contributed by atoms with van der Waals surface area (Å²) < 4.78 is 13.0. The highest BCUT2D eigenvalue weighted by Gasteiger charge is 2.32. The molecule has 0 radical (unpaired) electrons. The van der Waals surface area contributed by atoms with Crippen LogP contribution in [0.5, 0.6) is 0 Å². The van der Waals surface area contributed by atoms with Crippen molar-refractivity contribution in [1.29, 1.82) is 0 Å². The van der Waals surface area contributed by atoms with Crippen LogP contribution >= 0.6 is 0 Å². The van der Waals surface area contributed by atoms with Crippen LogP contribution in [0, 0.1) is 5.82 Å². The number of imidazole rings is 1. The normalized spacial score (nSPS) is 17.6. The lowest BCUT2D eigenvalue weighted by atomic mass is 10.2. The summed E-state index contributed by atoms with van der Waals surface area (Å²) in [6, 6.07) is 13.7. The Kier molecular flexibility index (Phi) is 3.65. The van der Waals surface area contributed by atoms with Crippen molar-refractivity contribution in [3.05, 3.63) is 59.9 Å². The van der Waals surface area contributed by atoms with Gasteiger partial charge in [-0.15, -0.1) is 0 Å². The van der Waals surface area contributed by atoms with E-state index in [2.05, 4.69) is 15.3 Å². The summed E-state index contributed by atoms with van der Waals surface area (Å²) in [5.41, 5.74) is 2.73. The van der Waals surface area contributed by atoms with Gasteiger partial charge < -0.3 is 15.2 Å². The molecule has 0 aliphatic carbocycles. The number of nitrogens with zero attached hydrogens (tertiary/aromatic N) is 2. The fourth-order valence-corrected chi connectivity index (χ4v) is 3.03. The van der Waals surface area contributed by atoms with Crippen molar-refractivity contribution in [1.82, 2.24) is 14.9 Å². The molecule has 0 spiro atoms. The van der Waals surface area contributed by atoms with E-state index in [0.717, 1.165) is 23.0 Å². The number of aromatic amines is 1. The van der Waals surface area contributed by atoms with Crippen LogP contribution in [0.2, 0.25) is 0 Å². The summed E-state index contributed by atoms with van der Waals surface area (Å²) >= 11 is 0. The highest BCUT2D eigenvalue weighted by atomic mass is 19.1. The first-order chi connectivity index (χ1) is 11.7. The fourth-order valence-electron chi connectivity index (χ4n) is 3.03. The molecule has 1 amide bonds. The van der Waals surface area contributed by atoms with Crippen molar-refractivity contribution >= 4 is 22.9 Å². The number of aromatic nitrogens is 2. The number of H-pyrrole nitrogens is 1. The van der Waals surface area contributed by atoms with Gasteiger partial charge >= 0.3 is 0 Å². The fraction of sp³-hybridized carbons (Fsp3) is 0.222. The van der Waals surface area contributed by atoms with Gasteiger partial charge in [-0.05, 0) is 36.2 Å². The molecule has 1 atom stereocenters. The van der Waals surface area contributed by atoms with Gasteiger partial charge in [0, 0.05) is 13.1 Å². The van der Waals surface area contributed by atoms with Crippen LogP contribution in [0.15, 0.2) is 48.5 Å². The number of carbonyl (C=O) groups is 1. The second kappa shape index (κ2) is 5.96. The largest absolute Gasteiger partial charge is 0.344 e. The van der Waals surface area contributed by atoms with Gasteiger partial charge in [-0.25, -0.2) is 9.37 Å². The lowest BCUT2D eigenvalue weighted by Gasteiger charge is -2.17. The summed E-state index contributed by atoms with van der Waals surface area (Å²) in [4.78, 5) is 22.0. The number of halogens is 1. The van der Waals surface area contributed by atoms with Gasteiger partial charge in [0.15, 0.2) is 0 Å². The molecule has 1 fully saturated rings. The monoisotopic (exact) mass is 324 g/mol. The van der Waals surface area contributed by atoms with Crippen LogP contribution < -0.4 is 5.32 Å². The van der Waals surface area contributed by atoms with Crippen LogP contribution in [0.3, 0.4) is 0 Å². The summed E-state index contributed by atoms with van der Waals surface area (Å²) in [7, 11) is 0. The zero-order chi connectivity index (χ0) is 16.5. The van der Waals surface area contributed by atoms with E-state index in [-0.39, 0.29) is 17.8 Å². The zero-order valence-electron chi connectivity index (χ0n) is 13.0. The second-order valence-corrected chi connectivity index (χ2v) is 5.97. The van der Waals surface area contributed by atoms with Crippen LogP contribution in [0.4, 0.5) is 10.3 Å². The number of para-hydroxylation sites is 2. The predicted molar refractivity (Wildman–Crippen MR) is 89.9 cm³/mol. The molecule has 0 bridgehead atoms. The van der Waals surface area contributed by atoms with Gasteiger partial charge in [-0.3, -0.25) is 4.79 Å². The molecule has 5 nitrogen and oxygen atoms in total. The van der Waals surface area contributed by atoms with Crippen LogP contribution in [-0.4, -0.2) is 33.4 Å². The Balaban J connectivity index is 1.44. The number of carbonyl (C=O) groups excluding carboxylic acids is 1. The Morgan fingerprint density at radius 1 is 1.21 bits per heavy atom. The number of nitrogens with one attached hydrogen (secondary N) is 2. The first kappa shape index (κ1) is 14.7. The van der Waals surface area contributed by atoms with Gasteiger partial charge in [-0.2, -0.15) is 0 Å². The highest BCUT2D eigenvalue weighted by Crippen LogP contribution is 2.20. The summed E-state index contributed by atoms with van der Waals surface area (Å²) in [6.45, 7) is 1.17. The minimum absolute atomic E-state index is 0.0415. The molecular formula is C18H17FN4O. The number of fused-ring (bicyclic) bond motifs is 1. The Hall–Kier alpha value is -2.89. The second-order valence-electron chi connectivity index (χ2n) is 5.97. The van der Waals surface area contributed by atoms with Crippen LogP contribution in [-0.2, 0) is 11.3 Å². The molecule has 2 aromatic carbocycles. The van der Waals surface area contributed by atoms with Crippen LogP contribution in [0.1, 0.15) is 12.0 Å². The van der Waals surface area contributed by atoms with E-state index in [0.29, 0.717) is 19.0 Å². The number of anilines is 1. The molecular weight excluding hydrogens is 307 g/mol. The van der Waals surface area contributed by atoms with E-state index in [9.17, 15) is 9.18 Å². The Morgan fingerprint density at radius 2 is 2.00 bits per heavy atom. The SMILES string of the molecule is O=C1C(Nc2nc3ccccc3[nH]2)CCN1Cc1ccc(F)cc1. The highest BCUT2D eigenvalue weighted by molar-refractivity contribution is 5.87. The molecule has 24 heavy (non-hydrogen) atoms. The molecule has 3 aromatic rings. The summed E-state index contributed by atoms with van der Waals surface area (Å²) in [5.74, 6) is 0.383. The van der Waals surface area contributed by atoms with E-state index >= 15 is 0 Å². The van der Waals surface area contributed by atoms with Crippen molar-refractivity contribution in [2.45, 2.75) is 19.0 Å². The van der Waals surface area contributed by atoms with Gasteiger partial charge in [0.2, 0.25) is 11.9 Å². The quantitative estimate of drug-likeness (QED) is 0.776. The van der Waals surface area contributed by atoms with Gasteiger partial charge in [0.1, 0.15) is 11.9 Å². The smallest absolute Gasteiger partial charge is 0.245 e. The third-order valence-corrected chi connectivity index (χ3v) is 4.28.